The first kappa shape index (κ1) is 31.5. The molecule has 4 aromatic carbocycles. The average Bonchev–Trinajstić information content (AvgIpc) is 2.93. The minimum Gasteiger partial charge on any atom is -0.397 e. The molecular weight excluding hydrogens is 618 g/mol. The summed E-state index contributed by atoms with van der Waals surface area (Å²) in [6.45, 7) is 0. The number of benzene rings is 4. The van der Waals surface area contributed by atoms with Gasteiger partial charge in [-0.05, 0) is 36.4 Å². The molecule has 0 saturated carbocycles. The number of nitrogens with zero attached hydrogens (tertiary/aromatic N) is 2. The quantitative estimate of drug-likeness (QED) is 0.114. The van der Waals surface area contributed by atoms with E-state index in [4.69, 9.17) is 20.6 Å². The number of aromatic nitrogens is 2. The molecule has 2 aromatic heterocycles. The van der Waals surface area contributed by atoms with Crippen LogP contribution in [0.3, 0.4) is 0 Å². The molecule has 41 heavy (non-hydrogen) atoms. The van der Waals surface area contributed by atoms with Gasteiger partial charge in [-0.25, -0.2) is 0 Å². The second kappa shape index (κ2) is 13.1. The minimum atomic E-state index is -4.47. The van der Waals surface area contributed by atoms with Gasteiger partial charge in [-0.2, -0.15) is 16.8 Å². The fourth-order valence-electron chi connectivity index (χ4n) is 3.96. The normalized spacial score (nSPS) is 11.1. The molecule has 10 nitrogen and oxygen atoms in total. The predicted molar refractivity (Wildman–Crippen MR) is 156 cm³/mol. The average molecular weight is 642 g/mol. The van der Waals surface area contributed by atoms with Crippen LogP contribution >= 0.6 is 0 Å². The SMILES string of the molecule is Nc1cccc2cccnc12.Nc1cccc2cccnc12.O=S(=O)(O)c1cccc2c(S(=O)(=O)O)cccc12.[Zn]. The van der Waals surface area contributed by atoms with Crippen molar-refractivity contribution in [3.05, 3.63) is 109 Å². The van der Waals surface area contributed by atoms with Gasteiger partial charge in [-0.3, -0.25) is 19.1 Å². The second-order valence-electron chi connectivity index (χ2n) is 8.40. The third-order valence-corrected chi connectivity index (χ3v) is 7.55. The van der Waals surface area contributed by atoms with Gasteiger partial charge in [0.15, 0.2) is 0 Å². The number of nitrogens with two attached hydrogens (primary N) is 2. The molecule has 2 heterocycles. The van der Waals surface area contributed by atoms with E-state index >= 15 is 0 Å². The molecule has 0 radical (unpaired) electrons. The summed E-state index contributed by atoms with van der Waals surface area (Å²) >= 11 is 0. The predicted octanol–water partition coefficient (Wildman–Crippen LogP) is 4.96. The largest absolute Gasteiger partial charge is 0.397 e. The van der Waals surface area contributed by atoms with Crippen LogP contribution in [0.4, 0.5) is 11.4 Å². The van der Waals surface area contributed by atoms with Gasteiger partial charge < -0.3 is 11.5 Å². The van der Waals surface area contributed by atoms with Crippen LogP contribution in [-0.4, -0.2) is 35.9 Å². The van der Waals surface area contributed by atoms with Crippen molar-refractivity contribution in [1.82, 2.24) is 9.97 Å². The zero-order chi connectivity index (χ0) is 28.9. The zero-order valence-electron chi connectivity index (χ0n) is 21.5. The van der Waals surface area contributed by atoms with Crippen molar-refractivity contribution in [3.8, 4) is 0 Å². The number of nitrogen functional groups attached to an aromatic ring is 2. The molecule has 0 unspecified atom stereocenters. The molecular formula is C28H24N4O6S2Zn. The summed E-state index contributed by atoms with van der Waals surface area (Å²) in [7, 11) is -8.94. The Morgan fingerprint density at radius 2 is 0.854 bits per heavy atom. The molecule has 0 aliphatic heterocycles. The summed E-state index contributed by atoms with van der Waals surface area (Å²) in [5, 5.41) is 2.23. The Balaban J connectivity index is 0.000000175. The summed E-state index contributed by atoms with van der Waals surface area (Å²) < 4.78 is 62.7. The molecule has 206 valence electrons. The minimum absolute atomic E-state index is 0. The van der Waals surface area contributed by atoms with E-state index < -0.39 is 30.0 Å². The molecule has 0 atom stereocenters. The van der Waals surface area contributed by atoms with Crippen LogP contribution in [0.25, 0.3) is 32.6 Å². The Kier molecular flexibility index (Phi) is 10.1. The molecule has 6 N–H and O–H groups in total. The molecule has 0 amide bonds. The van der Waals surface area contributed by atoms with E-state index in [-0.39, 0.29) is 30.3 Å². The van der Waals surface area contributed by atoms with Gasteiger partial charge in [0.2, 0.25) is 0 Å². The van der Waals surface area contributed by atoms with E-state index in [1.165, 1.54) is 24.3 Å². The van der Waals surface area contributed by atoms with E-state index in [0.717, 1.165) is 45.3 Å². The number of fused-ring (bicyclic) bond motifs is 3. The Labute approximate surface area is 249 Å². The van der Waals surface area contributed by atoms with Gasteiger partial charge in [-0.1, -0.05) is 60.7 Å². The molecule has 0 fully saturated rings. The molecule has 13 heteroatoms. The Hall–Kier alpha value is -4.00. The summed E-state index contributed by atoms with van der Waals surface area (Å²) in [5.74, 6) is 0. The maximum Gasteiger partial charge on any atom is 0.295 e. The van der Waals surface area contributed by atoms with Crippen LogP contribution in [0.2, 0.25) is 0 Å². The number of rotatable bonds is 2. The van der Waals surface area contributed by atoms with Crippen LogP contribution in [-0.2, 0) is 39.7 Å². The summed E-state index contributed by atoms with van der Waals surface area (Å²) in [4.78, 5) is 7.49. The van der Waals surface area contributed by atoms with Crippen LogP contribution in [0.1, 0.15) is 0 Å². The van der Waals surface area contributed by atoms with Crippen molar-refractivity contribution < 1.29 is 45.4 Å². The van der Waals surface area contributed by atoms with Crippen LogP contribution in [0.5, 0.6) is 0 Å². The van der Waals surface area contributed by atoms with Gasteiger partial charge in [0, 0.05) is 53.4 Å². The van der Waals surface area contributed by atoms with E-state index in [9.17, 15) is 16.8 Å². The van der Waals surface area contributed by atoms with Crippen molar-refractivity contribution in [2.75, 3.05) is 11.5 Å². The van der Waals surface area contributed by atoms with Crippen LogP contribution in [0, 0.1) is 0 Å². The third-order valence-electron chi connectivity index (χ3n) is 5.73. The van der Waals surface area contributed by atoms with Crippen LogP contribution in [0.15, 0.2) is 119 Å². The first-order chi connectivity index (χ1) is 19.0. The van der Waals surface area contributed by atoms with E-state index in [2.05, 4.69) is 9.97 Å². The fourth-order valence-corrected chi connectivity index (χ4v) is 5.37. The molecule has 0 spiro atoms. The zero-order valence-corrected chi connectivity index (χ0v) is 26.1. The molecule has 0 bridgehead atoms. The van der Waals surface area contributed by atoms with Gasteiger partial charge in [0.1, 0.15) is 9.79 Å². The Morgan fingerprint density at radius 3 is 1.20 bits per heavy atom. The third kappa shape index (κ3) is 7.60. The maximum atomic E-state index is 11.2. The number of hydrogen-bond acceptors (Lipinski definition) is 8. The summed E-state index contributed by atoms with van der Waals surface area (Å²) in [6, 6.07) is 26.9. The van der Waals surface area contributed by atoms with Gasteiger partial charge in [-0.15, -0.1) is 0 Å². The molecule has 6 aromatic rings. The van der Waals surface area contributed by atoms with E-state index in [1.807, 2.05) is 60.7 Å². The number of anilines is 2. The first-order valence-corrected chi connectivity index (χ1v) is 14.5. The molecule has 0 saturated heterocycles. The van der Waals surface area contributed by atoms with Crippen LogP contribution < -0.4 is 11.5 Å². The monoisotopic (exact) mass is 640 g/mol. The second-order valence-corrected chi connectivity index (χ2v) is 11.2. The number of para-hydroxylation sites is 2. The van der Waals surface area contributed by atoms with Crippen molar-refractivity contribution in [3.63, 3.8) is 0 Å². The van der Waals surface area contributed by atoms with E-state index in [1.54, 1.807) is 12.4 Å². The fraction of sp³-hybridized carbons (Fsp3) is 0. The van der Waals surface area contributed by atoms with Gasteiger partial charge in [0.25, 0.3) is 20.2 Å². The van der Waals surface area contributed by atoms with Crippen molar-refractivity contribution in [1.29, 1.82) is 0 Å². The van der Waals surface area contributed by atoms with Gasteiger partial charge in [0.05, 0.1) is 22.4 Å². The standard InChI is InChI=1S/C10H8O6S2.2C9H8N2.Zn/c11-17(12,13)9-5-1-3-7-8(9)4-2-6-10(7)18(14,15)16;2*10-8-5-1-3-7-4-2-6-11-9(7)8;/h1-6H,(H,11,12,13)(H,14,15,16);2*1-6H,10H2;. The smallest absolute Gasteiger partial charge is 0.295 e. The maximum absolute atomic E-state index is 11.2. The summed E-state index contributed by atoms with van der Waals surface area (Å²) in [5.41, 5.74) is 14.6. The van der Waals surface area contributed by atoms with Gasteiger partial charge >= 0.3 is 0 Å². The van der Waals surface area contributed by atoms with Crippen molar-refractivity contribution >= 4 is 64.2 Å². The Morgan fingerprint density at radius 1 is 0.512 bits per heavy atom. The molecule has 0 aliphatic rings. The first-order valence-electron chi connectivity index (χ1n) is 11.6. The number of pyridine rings is 2. The van der Waals surface area contributed by atoms with Crippen molar-refractivity contribution in [2.45, 2.75) is 9.79 Å². The molecule has 6 rings (SSSR count). The van der Waals surface area contributed by atoms with E-state index in [0.29, 0.717) is 0 Å². The number of hydrogen-bond donors (Lipinski definition) is 4. The molecule has 0 aliphatic carbocycles. The van der Waals surface area contributed by atoms with Crippen molar-refractivity contribution in [2.24, 2.45) is 0 Å². The topological polar surface area (TPSA) is 187 Å². The Bertz CT molecular complexity index is 1900. The summed E-state index contributed by atoms with van der Waals surface area (Å²) in [6.07, 6.45) is 3.50.